The molecule has 1 fully saturated rings. The zero-order valence-corrected chi connectivity index (χ0v) is 13.6. The Bertz CT molecular complexity index is 478. The molecule has 2 rings (SSSR count). The van der Waals surface area contributed by atoms with Gasteiger partial charge in [-0.05, 0) is 31.4 Å². The van der Waals surface area contributed by atoms with Crippen LogP contribution in [0.4, 0.5) is 4.39 Å². The number of rotatable bonds is 3. The van der Waals surface area contributed by atoms with E-state index in [0.29, 0.717) is 17.0 Å². The van der Waals surface area contributed by atoms with Gasteiger partial charge in [-0.25, -0.2) is 4.39 Å². The highest BCUT2D eigenvalue weighted by molar-refractivity contribution is 6.31. The highest BCUT2D eigenvalue weighted by atomic mass is 35.5. The van der Waals surface area contributed by atoms with Gasteiger partial charge < -0.3 is 10.6 Å². The Kier molecular flexibility index (Phi) is 6.91. The topological polar surface area (TPSA) is 46.3 Å². The lowest BCUT2D eigenvalue weighted by Gasteiger charge is -2.29. The molecule has 118 valence electrons. The molecule has 0 radical (unpaired) electrons. The average molecular weight is 335 g/mol. The first-order chi connectivity index (χ1) is 9.49. The van der Waals surface area contributed by atoms with Gasteiger partial charge in [-0.3, -0.25) is 4.79 Å². The van der Waals surface area contributed by atoms with Crippen molar-refractivity contribution < 1.29 is 9.18 Å². The van der Waals surface area contributed by atoms with E-state index in [1.807, 2.05) is 0 Å². The molecule has 2 atom stereocenters. The third-order valence-corrected chi connectivity index (χ3v) is 4.25. The molecule has 1 amide bonds. The van der Waals surface area contributed by atoms with Gasteiger partial charge in [0.15, 0.2) is 0 Å². The van der Waals surface area contributed by atoms with Crippen LogP contribution < -0.4 is 5.73 Å². The van der Waals surface area contributed by atoms with Crippen LogP contribution in [0.15, 0.2) is 18.2 Å². The Morgan fingerprint density at radius 2 is 2.19 bits per heavy atom. The molecule has 6 heteroatoms. The third-order valence-electron chi connectivity index (χ3n) is 3.90. The Morgan fingerprint density at radius 3 is 2.81 bits per heavy atom. The van der Waals surface area contributed by atoms with Crippen LogP contribution in [0.25, 0.3) is 0 Å². The number of hydrogen-bond donors (Lipinski definition) is 1. The van der Waals surface area contributed by atoms with E-state index in [2.05, 4.69) is 0 Å². The number of hydrogen-bond acceptors (Lipinski definition) is 2. The predicted octanol–water partition coefficient (Wildman–Crippen LogP) is 3.38. The van der Waals surface area contributed by atoms with E-state index in [4.69, 9.17) is 17.3 Å². The first-order valence-electron chi connectivity index (χ1n) is 6.92. The van der Waals surface area contributed by atoms with Crippen molar-refractivity contribution in [2.24, 2.45) is 11.7 Å². The van der Waals surface area contributed by atoms with Crippen molar-refractivity contribution in [1.82, 2.24) is 4.90 Å². The van der Waals surface area contributed by atoms with Crippen molar-refractivity contribution in [3.63, 3.8) is 0 Å². The monoisotopic (exact) mass is 334 g/mol. The summed E-state index contributed by atoms with van der Waals surface area (Å²) in [5.41, 5.74) is 6.28. The average Bonchev–Trinajstić information content (AvgIpc) is 2.42. The van der Waals surface area contributed by atoms with Crippen molar-refractivity contribution in [3.8, 4) is 0 Å². The lowest BCUT2D eigenvalue weighted by molar-refractivity contribution is -0.135. The summed E-state index contributed by atoms with van der Waals surface area (Å²) in [7, 11) is 1.69. The van der Waals surface area contributed by atoms with Crippen LogP contribution in [-0.4, -0.2) is 23.9 Å². The van der Waals surface area contributed by atoms with E-state index in [0.717, 1.165) is 19.3 Å². The highest BCUT2D eigenvalue weighted by Gasteiger charge is 2.28. The van der Waals surface area contributed by atoms with Gasteiger partial charge >= 0.3 is 0 Å². The second-order valence-electron chi connectivity index (χ2n) is 5.52. The minimum Gasteiger partial charge on any atom is -0.341 e. The quantitative estimate of drug-likeness (QED) is 0.920. The summed E-state index contributed by atoms with van der Waals surface area (Å²) >= 11 is 5.99. The molecule has 0 bridgehead atoms. The second kappa shape index (κ2) is 7.97. The van der Waals surface area contributed by atoms with Crippen LogP contribution in [0, 0.1) is 11.7 Å². The predicted molar refractivity (Wildman–Crippen MR) is 85.1 cm³/mol. The molecule has 1 aromatic rings. The van der Waals surface area contributed by atoms with E-state index in [1.165, 1.54) is 6.07 Å². The summed E-state index contributed by atoms with van der Waals surface area (Å²) in [5.74, 6) is -0.397. The first kappa shape index (κ1) is 18.2. The number of amides is 1. The molecule has 0 saturated heterocycles. The summed E-state index contributed by atoms with van der Waals surface area (Å²) in [5, 5.41) is 0.352. The minimum atomic E-state index is -0.377. The number of halogens is 3. The summed E-state index contributed by atoms with van der Waals surface area (Å²) in [4.78, 5) is 13.9. The van der Waals surface area contributed by atoms with Gasteiger partial charge in [0, 0.05) is 36.1 Å². The van der Waals surface area contributed by atoms with Crippen molar-refractivity contribution in [1.29, 1.82) is 0 Å². The SMILES string of the molecule is CN(Cc1c(F)cccc1Cl)C(=O)C1CCCC(N)C1.Cl. The molecule has 0 spiro atoms. The van der Waals surface area contributed by atoms with Crippen molar-refractivity contribution >= 4 is 29.9 Å². The highest BCUT2D eigenvalue weighted by Crippen LogP contribution is 2.26. The van der Waals surface area contributed by atoms with Gasteiger partial charge in [0.1, 0.15) is 5.82 Å². The van der Waals surface area contributed by atoms with Crippen LogP contribution in [0.5, 0.6) is 0 Å². The molecule has 0 aliphatic heterocycles. The lowest BCUT2D eigenvalue weighted by Crippen LogP contribution is -2.38. The molecular weight excluding hydrogens is 314 g/mol. The molecule has 21 heavy (non-hydrogen) atoms. The maximum absolute atomic E-state index is 13.7. The van der Waals surface area contributed by atoms with E-state index < -0.39 is 0 Å². The molecule has 0 heterocycles. The number of carbonyl (C=O) groups excluding carboxylic acids is 1. The molecule has 0 aromatic heterocycles. The normalized spacial score (nSPS) is 21.5. The zero-order chi connectivity index (χ0) is 14.7. The zero-order valence-electron chi connectivity index (χ0n) is 12.0. The molecule has 1 aliphatic carbocycles. The molecule has 2 N–H and O–H groups in total. The lowest BCUT2D eigenvalue weighted by atomic mass is 9.85. The Hall–Kier alpha value is -0.840. The van der Waals surface area contributed by atoms with E-state index in [-0.39, 0.29) is 42.6 Å². The van der Waals surface area contributed by atoms with Crippen LogP contribution in [-0.2, 0) is 11.3 Å². The molecular formula is C15H21Cl2FN2O. The van der Waals surface area contributed by atoms with Gasteiger partial charge in [-0.15, -0.1) is 12.4 Å². The molecule has 1 saturated carbocycles. The number of carbonyl (C=O) groups is 1. The maximum Gasteiger partial charge on any atom is 0.225 e. The van der Waals surface area contributed by atoms with Crippen molar-refractivity contribution in [2.45, 2.75) is 38.3 Å². The molecule has 3 nitrogen and oxygen atoms in total. The molecule has 2 unspecified atom stereocenters. The summed E-state index contributed by atoms with van der Waals surface area (Å²) < 4.78 is 13.7. The molecule has 1 aliphatic rings. The van der Waals surface area contributed by atoms with Crippen LogP contribution >= 0.6 is 24.0 Å². The van der Waals surface area contributed by atoms with Crippen LogP contribution in [0.2, 0.25) is 5.02 Å². The van der Waals surface area contributed by atoms with E-state index in [1.54, 1.807) is 24.1 Å². The van der Waals surface area contributed by atoms with Crippen molar-refractivity contribution in [3.05, 3.63) is 34.6 Å². The van der Waals surface area contributed by atoms with Crippen LogP contribution in [0.1, 0.15) is 31.2 Å². The fourth-order valence-electron chi connectivity index (χ4n) is 2.76. The third kappa shape index (κ3) is 4.56. The fourth-order valence-corrected chi connectivity index (χ4v) is 2.98. The van der Waals surface area contributed by atoms with Crippen LogP contribution in [0.3, 0.4) is 0 Å². The largest absolute Gasteiger partial charge is 0.341 e. The Labute approximate surface area is 136 Å². The van der Waals surface area contributed by atoms with Gasteiger partial charge in [0.05, 0.1) is 0 Å². The first-order valence-corrected chi connectivity index (χ1v) is 7.30. The van der Waals surface area contributed by atoms with E-state index >= 15 is 0 Å². The summed E-state index contributed by atoms with van der Waals surface area (Å²) in [6.45, 7) is 0.191. The summed E-state index contributed by atoms with van der Waals surface area (Å²) in [6.07, 6.45) is 3.54. The number of benzene rings is 1. The Morgan fingerprint density at radius 1 is 1.48 bits per heavy atom. The number of nitrogens with two attached hydrogens (primary N) is 1. The Balaban J connectivity index is 0.00000220. The molecule has 1 aromatic carbocycles. The van der Waals surface area contributed by atoms with E-state index in [9.17, 15) is 9.18 Å². The number of nitrogens with zero attached hydrogens (tertiary/aromatic N) is 1. The minimum absolute atomic E-state index is 0. The second-order valence-corrected chi connectivity index (χ2v) is 5.93. The van der Waals surface area contributed by atoms with Crippen molar-refractivity contribution in [2.75, 3.05) is 7.05 Å². The van der Waals surface area contributed by atoms with Gasteiger partial charge in [0.25, 0.3) is 0 Å². The standard InChI is InChI=1S/C15H20ClFN2O.ClH/c1-19(9-12-13(16)6-3-7-14(12)17)15(20)10-4-2-5-11(18)8-10;/h3,6-7,10-11H,2,4-5,8-9,18H2,1H3;1H. The van der Waals surface area contributed by atoms with Gasteiger partial charge in [0.2, 0.25) is 5.91 Å². The summed E-state index contributed by atoms with van der Waals surface area (Å²) in [6, 6.07) is 4.65. The fraction of sp³-hybridized carbons (Fsp3) is 0.533. The maximum atomic E-state index is 13.7. The smallest absolute Gasteiger partial charge is 0.225 e. The van der Waals surface area contributed by atoms with Gasteiger partial charge in [-0.1, -0.05) is 24.1 Å². The van der Waals surface area contributed by atoms with Gasteiger partial charge in [-0.2, -0.15) is 0 Å².